The van der Waals surface area contributed by atoms with Gasteiger partial charge in [0.15, 0.2) is 0 Å². The average Bonchev–Trinajstić information content (AvgIpc) is 2.48. The molecule has 1 aliphatic rings. The molecule has 2 N–H and O–H groups in total. The van der Waals surface area contributed by atoms with Crippen molar-refractivity contribution in [3.63, 3.8) is 0 Å². The summed E-state index contributed by atoms with van der Waals surface area (Å²) in [6.45, 7) is 1.91. The van der Waals surface area contributed by atoms with Crippen molar-refractivity contribution in [1.82, 2.24) is 15.3 Å². The molecule has 2 aromatic rings. The summed E-state index contributed by atoms with van der Waals surface area (Å²) in [5.41, 5.74) is 0.758. The summed E-state index contributed by atoms with van der Waals surface area (Å²) in [6, 6.07) is 4.93. The van der Waals surface area contributed by atoms with E-state index in [-0.39, 0.29) is 5.69 Å². The molecular weight excluding hydrogens is 258 g/mol. The minimum absolute atomic E-state index is 0.0529. The number of fused-ring (bicyclic) bond motifs is 1. The Kier molecular flexibility index (Phi) is 3.42. The Bertz CT molecular complexity index is 640. The second kappa shape index (κ2) is 5.38. The molecule has 1 atom stereocenters. The lowest BCUT2D eigenvalue weighted by Crippen LogP contribution is -2.38. The molecule has 1 aromatic heterocycles. The third-order valence-corrected chi connectivity index (χ3v) is 3.47. The maximum Gasteiger partial charge on any atom is 0.270 e. The van der Waals surface area contributed by atoms with Crippen LogP contribution in [-0.2, 0) is 0 Å². The van der Waals surface area contributed by atoms with E-state index in [0.29, 0.717) is 22.8 Å². The van der Waals surface area contributed by atoms with Gasteiger partial charge in [0.05, 0.1) is 10.4 Å². The SMILES string of the molecule is O=[N+]([O-])c1ccc2ncnc(NC3CCCNC3)c2c1. The highest BCUT2D eigenvalue weighted by atomic mass is 16.6. The molecule has 0 bridgehead atoms. The molecule has 1 aromatic carbocycles. The van der Waals surface area contributed by atoms with E-state index in [2.05, 4.69) is 20.6 Å². The third kappa shape index (κ3) is 2.53. The van der Waals surface area contributed by atoms with Crippen LogP contribution >= 0.6 is 0 Å². The number of nitrogens with one attached hydrogen (secondary N) is 2. The molecule has 0 spiro atoms. The minimum atomic E-state index is -0.404. The second-order valence-corrected chi connectivity index (χ2v) is 4.87. The van der Waals surface area contributed by atoms with E-state index >= 15 is 0 Å². The van der Waals surface area contributed by atoms with Crippen LogP contribution < -0.4 is 10.6 Å². The van der Waals surface area contributed by atoms with Crippen molar-refractivity contribution >= 4 is 22.4 Å². The molecule has 0 amide bonds. The van der Waals surface area contributed by atoms with E-state index in [1.165, 1.54) is 18.5 Å². The number of hydrogen-bond acceptors (Lipinski definition) is 6. The summed E-state index contributed by atoms with van der Waals surface area (Å²) in [7, 11) is 0. The van der Waals surface area contributed by atoms with E-state index in [1.54, 1.807) is 6.07 Å². The van der Waals surface area contributed by atoms with E-state index in [0.717, 1.165) is 25.9 Å². The highest BCUT2D eigenvalue weighted by molar-refractivity contribution is 5.90. The van der Waals surface area contributed by atoms with Gasteiger partial charge in [-0.15, -0.1) is 0 Å². The zero-order valence-corrected chi connectivity index (χ0v) is 10.9. The molecule has 1 aliphatic heterocycles. The van der Waals surface area contributed by atoms with Crippen molar-refractivity contribution in [2.24, 2.45) is 0 Å². The van der Waals surface area contributed by atoms with Crippen molar-refractivity contribution in [2.45, 2.75) is 18.9 Å². The van der Waals surface area contributed by atoms with Crippen LogP contribution in [-0.4, -0.2) is 34.0 Å². The number of aromatic nitrogens is 2. The van der Waals surface area contributed by atoms with Gasteiger partial charge in [-0.3, -0.25) is 10.1 Å². The first kappa shape index (κ1) is 12.7. The Hall–Kier alpha value is -2.28. The van der Waals surface area contributed by atoms with Crippen LogP contribution in [0.1, 0.15) is 12.8 Å². The van der Waals surface area contributed by atoms with Crippen molar-refractivity contribution in [3.05, 3.63) is 34.6 Å². The Labute approximate surface area is 115 Å². The number of rotatable bonds is 3. The molecule has 1 unspecified atom stereocenters. The van der Waals surface area contributed by atoms with E-state index in [4.69, 9.17) is 0 Å². The van der Waals surface area contributed by atoms with Crippen LogP contribution in [0.3, 0.4) is 0 Å². The molecule has 20 heavy (non-hydrogen) atoms. The second-order valence-electron chi connectivity index (χ2n) is 4.87. The smallest absolute Gasteiger partial charge is 0.270 e. The maximum absolute atomic E-state index is 10.9. The van der Waals surface area contributed by atoms with Gasteiger partial charge in [0, 0.05) is 30.1 Å². The standard InChI is InChI=1S/C13H15N5O2/c19-18(20)10-3-4-12-11(6-10)13(16-8-15-12)17-9-2-1-5-14-7-9/h3-4,6,8-9,14H,1-2,5,7H2,(H,15,16,17). The highest BCUT2D eigenvalue weighted by Crippen LogP contribution is 2.25. The van der Waals surface area contributed by atoms with Crippen LogP contribution in [0.2, 0.25) is 0 Å². The predicted octanol–water partition coefficient (Wildman–Crippen LogP) is 1.70. The van der Waals surface area contributed by atoms with Gasteiger partial charge in [0.1, 0.15) is 12.1 Å². The van der Waals surface area contributed by atoms with Gasteiger partial charge in [0.25, 0.3) is 5.69 Å². The van der Waals surface area contributed by atoms with Crippen LogP contribution in [0.4, 0.5) is 11.5 Å². The lowest BCUT2D eigenvalue weighted by atomic mass is 10.1. The van der Waals surface area contributed by atoms with Crippen LogP contribution in [0, 0.1) is 10.1 Å². The zero-order chi connectivity index (χ0) is 13.9. The van der Waals surface area contributed by atoms with Gasteiger partial charge < -0.3 is 10.6 Å². The summed E-state index contributed by atoms with van der Waals surface area (Å²) < 4.78 is 0. The summed E-state index contributed by atoms with van der Waals surface area (Å²) in [5.74, 6) is 0.660. The van der Waals surface area contributed by atoms with Crippen molar-refractivity contribution in [3.8, 4) is 0 Å². The minimum Gasteiger partial charge on any atom is -0.365 e. The lowest BCUT2D eigenvalue weighted by molar-refractivity contribution is -0.384. The van der Waals surface area contributed by atoms with Gasteiger partial charge in [-0.1, -0.05) is 0 Å². The third-order valence-electron chi connectivity index (χ3n) is 3.47. The van der Waals surface area contributed by atoms with Gasteiger partial charge in [0.2, 0.25) is 0 Å². The van der Waals surface area contributed by atoms with Gasteiger partial charge in [-0.2, -0.15) is 0 Å². The largest absolute Gasteiger partial charge is 0.365 e. The lowest BCUT2D eigenvalue weighted by Gasteiger charge is -2.24. The van der Waals surface area contributed by atoms with Gasteiger partial charge >= 0.3 is 0 Å². The monoisotopic (exact) mass is 273 g/mol. The molecule has 7 heteroatoms. The Morgan fingerprint density at radius 3 is 3.05 bits per heavy atom. The normalized spacial score (nSPS) is 18.9. The van der Waals surface area contributed by atoms with E-state index in [1.807, 2.05) is 0 Å². The summed E-state index contributed by atoms with van der Waals surface area (Å²) in [4.78, 5) is 18.9. The zero-order valence-electron chi connectivity index (χ0n) is 10.9. The Morgan fingerprint density at radius 2 is 2.30 bits per heavy atom. The van der Waals surface area contributed by atoms with Crippen molar-refractivity contribution in [2.75, 3.05) is 18.4 Å². The molecular formula is C13H15N5O2. The number of anilines is 1. The summed E-state index contributed by atoms with van der Waals surface area (Å²) in [5, 5.41) is 18.2. The number of hydrogen-bond donors (Lipinski definition) is 2. The predicted molar refractivity (Wildman–Crippen MR) is 75.7 cm³/mol. The number of benzene rings is 1. The fourth-order valence-electron chi connectivity index (χ4n) is 2.44. The molecule has 3 rings (SSSR count). The summed E-state index contributed by atoms with van der Waals surface area (Å²) >= 11 is 0. The molecule has 0 aliphatic carbocycles. The molecule has 7 nitrogen and oxygen atoms in total. The van der Waals surface area contributed by atoms with Gasteiger partial charge in [-0.25, -0.2) is 9.97 Å². The number of nitrogens with zero attached hydrogens (tertiary/aromatic N) is 3. The first-order chi connectivity index (χ1) is 9.74. The fraction of sp³-hybridized carbons (Fsp3) is 0.385. The molecule has 104 valence electrons. The van der Waals surface area contributed by atoms with Crippen LogP contribution in [0.25, 0.3) is 10.9 Å². The first-order valence-corrected chi connectivity index (χ1v) is 6.60. The van der Waals surface area contributed by atoms with Crippen LogP contribution in [0.15, 0.2) is 24.5 Å². The van der Waals surface area contributed by atoms with Crippen molar-refractivity contribution in [1.29, 1.82) is 0 Å². The molecule has 2 heterocycles. The van der Waals surface area contributed by atoms with E-state index in [9.17, 15) is 10.1 Å². The highest BCUT2D eigenvalue weighted by Gasteiger charge is 2.16. The maximum atomic E-state index is 10.9. The number of piperidine rings is 1. The average molecular weight is 273 g/mol. The first-order valence-electron chi connectivity index (χ1n) is 6.60. The number of non-ortho nitro benzene ring substituents is 1. The molecule has 1 fully saturated rings. The van der Waals surface area contributed by atoms with Gasteiger partial charge in [-0.05, 0) is 25.5 Å². The number of nitro groups is 1. The van der Waals surface area contributed by atoms with E-state index < -0.39 is 4.92 Å². The Morgan fingerprint density at radius 1 is 1.40 bits per heavy atom. The topological polar surface area (TPSA) is 93.0 Å². The summed E-state index contributed by atoms with van der Waals surface area (Å²) in [6.07, 6.45) is 3.65. The molecule has 0 saturated carbocycles. The molecule has 1 saturated heterocycles. The van der Waals surface area contributed by atoms with Crippen molar-refractivity contribution < 1.29 is 4.92 Å². The fourth-order valence-corrected chi connectivity index (χ4v) is 2.44. The molecule has 0 radical (unpaired) electrons. The Balaban J connectivity index is 1.96. The van der Waals surface area contributed by atoms with Crippen LogP contribution in [0.5, 0.6) is 0 Å². The quantitative estimate of drug-likeness (QED) is 0.653. The number of nitro benzene ring substituents is 1.